The monoisotopic (exact) mass is 979 g/mol. The van der Waals surface area contributed by atoms with Gasteiger partial charge in [0, 0.05) is 16.2 Å². The molecule has 75 heavy (non-hydrogen) atoms. The van der Waals surface area contributed by atoms with Gasteiger partial charge in [0.15, 0.2) is 0 Å². The molecule has 2 heteroatoms. The first-order valence-electron chi connectivity index (χ1n) is 26.9. The molecular weight excluding hydrogens is 909 g/mol. The lowest BCUT2D eigenvalue weighted by Gasteiger charge is -2.25. The van der Waals surface area contributed by atoms with Crippen molar-refractivity contribution in [1.29, 1.82) is 0 Å². The van der Waals surface area contributed by atoms with Crippen LogP contribution in [0.15, 0.2) is 170 Å². The molecular formula is C73H70O2. The van der Waals surface area contributed by atoms with E-state index < -0.39 is 0 Å². The van der Waals surface area contributed by atoms with Crippen molar-refractivity contribution in [2.45, 2.75) is 110 Å². The Balaban J connectivity index is 1.04. The zero-order chi connectivity index (χ0) is 52.7. The van der Waals surface area contributed by atoms with Gasteiger partial charge in [-0.1, -0.05) is 174 Å². The summed E-state index contributed by atoms with van der Waals surface area (Å²) in [5, 5.41) is 0. The molecule has 0 unspecified atom stereocenters. The molecule has 9 aromatic carbocycles. The van der Waals surface area contributed by atoms with Crippen molar-refractivity contribution in [3.8, 4) is 101 Å². The molecule has 0 amide bonds. The molecule has 0 aromatic heterocycles. The number of rotatable bonds is 7. The SMILES string of the molecule is COc1ccc(-c2cc(-c3cc(-c4ccc5c(c4)C(C)(C)c4cc(OC)ccc4-5)cc(-c4ccc5c(c4)C(C)(C)c4cc(C(C)(C)C)ccc4-5)c3)cc(-c3ccc4c(c3)C(C)(C)c3cc(C(C)(C)C)ccc3-4)c2)cc1. The summed E-state index contributed by atoms with van der Waals surface area (Å²) in [4.78, 5) is 0. The average Bonchev–Trinajstić information content (AvgIpc) is 3.90. The van der Waals surface area contributed by atoms with E-state index in [2.05, 4.69) is 253 Å². The van der Waals surface area contributed by atoms with E-state index in [9.17, 15) is 0 Å². The van der Waals surface area contributed by atoms with E-state index in [0.29, 0.717) is 0 Å². The van der Waals surface area contributed by atoms with Crippen LogP contribution < -0.4 is 9.47 Å². The largest absolute Gasteiger partial charge is 0.497 e. The van der Waals surface area contributed by atoms with Gasteiger partial charge in [0.25, 0.3) is 0 Å². The van der Waals surface area contributed by atoms with Crippen LogP contribution in [0.3, 0.4) is 0 Å². The summed E-state index contributed by atoms with van der Waals surface area (Å²) in [5.41, 5.74) is 30.4. The molecule has 0 aliphatic heterocycles. The molecule has 0 saturated carbocycles. The quantitative estimate of drug-likeness (QED) is 0.158. The van der Waals surface area contributed by atoms with Crippen LogP contribution in [0.2, 0.25) is 0 Å². The zero-order valence-corrected chi connectivity index (χ0v) is 46.5. The van der Waals surface area contributed by atoms with Crippen LogP contribution >= 0.6 is 0 Å². The highest BCUT2D eigenvalue weighted by atomic mass is 16.5. The molecule has 12 rings (SSSR count). The summed E-state index contributed by atoms with van der Waals surface area (Å²) in [7, 11) is 3.49. The Morgan fingerprint density at radius 1 is 0.253 bits per heavy atom. The Morgan fingerprint density at radius 3 is 0.840 bits per heavy atom. The smallest absolute Gasteiger partial charge is 0.119 e. The molecule has 0 heterocycles. The van der Waals surface area contributed by atoms with Crippen LogP contribution in [-0.4, -0.2) is 14.2 Å². The fourth-order valence-electron chi connectivity index (χ4n) is 12.8. The van der Waals surface area contributed by atoms with Gasteiger partial charge in [0.2, 0.25) is 0 Å². The lowest BCUT2D eigenvalue weighted by atomic mass is 9.78. The van der Waals surface area contributed by atoms with Gasteiger partial charge in [-0.3, -0.25) is 0 Å². The topological polar surface area (TPSA) is 18.5 Å². The van der Waals surface area contributed by atoms with E-state index >= 15 is 0 Å². The van der Waals surface area contributed by atoms with E-state index in [4.69, 9.17) is 9.47 Å². The molecule has 0 atom stereocenters. The third-order valence-electron chi connectivity index (χ3n) is 17.6. The molecule has 374 valence electrons. The van der Waals surface area contributed by atoms with Gasteiger partial charge < -0.3 is 9.47 Å². The van der Waals surface area contributed by atoms with Gasteiger partial charge in [0.1, 0.15) is 11.5 Å². The molecule has 0 N–H and O–H groups in total. The Labute approximate surface area is 446 Å². The van der Waals surface area contributed by atoms with Crippen molar-refractivity contribution in [3.63, 3.8) is 0 Å². The van der Waals surface area contributed by atoms with Gasteiger partial charge in [-0.25, -0.2) is 0 Å². The summed E-state index contributed by atoms with van der Waals surface area (Å²) >= 11 is 0. The molecule has 3 aliphatic rings. The van der Waals surface area contributed by atoms with E-state index in [1.165, 1.54) is 122 Å². The number of hydrogen-bond acceptors (Lipinski definition) is 2. The fraction of sp³-hybridized carbons (Fsp3) is 0.260. The first-order chi connectivity index (χ1) is 35.5. The second-order valence-electron chi connectivity index (χ2n) is 25.4. The molecule has 2 nitrogen and oxygen atoms in total. The Bertz CT molecular complexity index is 3820. The first kappa shape index (κ1) is 48.5. The van der Waals surface area contributed by atoms with Crippen LogP contribution in [-0.2, 0) is 27.1 Å². The van der Waals surface area contributed by atoms with E-state index in [0.717, 1.165) is 22.6 Å². The summed E-state index contributed by atoms with van der Waals surface area (Å²) in [6, 6.07) is 65.4. The number of hydrogen-bond donors (Lipinski definition) is 0. The highest BCUT2D eigenvalue weighted by molar-refractivity contribution is 5.91. The molecule has 9 aromatic rings. The second kappa shape index (κ2) is 16.8. The van der Waals surface area contributed by atoms with Crippen molar-refractivity contribution in [2.75, 3.05) is 14.2 Å². The van der Waals surface area contributed by atoms with Crippen molar-refractivity contribution in [3.05, 3.63) is 214 Å². The molecule has 0 bridgehead atoms. The van der Waals surface area contributed by atoms with Crippen molar-refractivity contribution in [1.82, 2.24) is 0 Å². The number of fused-ring (bicyclic) bond motifs is 9. The van der Waals surface area contributed by atoms with Crippen LogP contribution in [0.5, 0.6) is 11.5 Å². The summed E-state index contributed by atoms with van der Waals surface area (Å²) in [6.45, 7) is 28.2. The molecule has 0 spiro atoms. The molecule has 0 saturated heterocycles. The van der Waals surface area contributed by atoms with Gasteiger partial charge in [-0.05, 0) is 223 Å². The maximum Gasteiger partial charge on any atom is 0.119 e. The maximum absolute atomic E-state index is 5.75. The third-order valence-corrected chi connectivity index (χ3v) is 17.6. The Hall–Kier alpha value is -7.42. The summed E-state index contributed by atoms with van der Waals surface area (Å²) in [6.07, 6.45) is 0. The van der Waals surface area contributed by atoms with Crippen LogP contribution in [0, 0.1) is 0 Å². The van der Waals surface area contributed by atoms with Gasteiger partial charge in [0.05, 0.1) is 14.2 Å². The van der Waals surface area contributed by atoms with Gasteiger partial charge in [-0.15, -0.1) is 0 Å². The number of ether oxygens (including phenoxy) is 2. The van der Waals surface area contributed by atoms with Gasteiger partial charge >= 0.3 is 0 Å². The highest BCUT2D eigenvalue weighted by Crippen LogP contribution is 2.54. The first-order valence-corrected chi connectivity index (χ1v) is 26.9. The molecule has 0 radical (unpaired) electrons. The summed E-state index contributed by atoms with van der Waals surface area (Å²) in [5.74, 6) is 1.74. The van der Waals surface area contributed by atoms with E-state index in [1.54, 1.807) is 14.2 Å². The summed E-state index contributed by atoms with van der Waals surface area (Å²) < 4.78 is 11.4. The van der Waals surface area contributed by atoms with Crippen LogP contribution in [0.1, 0.15) is 128 Å². The minimum Gasteiger partial charge on any atom is -0.497 e. The molecule has 0 fully saturated rings. The zero-order valence-electron chi connectivity index (χ0n) is 46.5. The predicted octanol–water partition coefficient (Wildman–Crippen LogP) is 19.6. The normalized spacial score (nSPS) is 15.1. The Kier molecular flexibility index (Phi) is 10.9. The number of benzene rings is 9. The Morgan fingerprint density at radius 2 is 0.507 bits per heavy atom. The third kappa shape index (κ3) is 7.81. The second-order valence-corrected chi connectivity index (χ2v) is 25.4. The average molecular weight is 979 g/mol. The predicted molar refractivity (Wildman–Crippen MR) is 317 cm³/mol. The van der Waals surface area contributed by atoms with Crippen molar-refractivity contribution < 1.29 is 9.47 Å². The fourth-order valence-corrected chi connectivity index (χ4v) is 12.8. The van der Waals surface area contributed by atoms with Crippen molar-refractivity contribution in [2.24, 2.45) is 0 Å². The number of methoxy groups -OCH3 is 2. The highest BCUT2D eigenvalue weighted by Gasteiger charge is 2.39. The van der Waals surface area contributed by atoms with Crippen LogP contribution in [0.4, 0.5) is 0 Å². The van der Waals surface area contributed by atoms with E-state index in [-0.39, 0.29) is 27.1 Å². The van der Waals surface area contributed by atoms with Gasteiger partial charge in [-0.2, -0.15) is 0 Å². The molecule has 3 aliphatic carbocycles. The minimum absolute atomic E-state index is 0.0638. The maximum atomic E-state index is 5.75. The van der Waals surface area contributed by atoms with E-state index in [1.807, 2.05) is 0 Å². The lowest BCUT2D eigenvalue weighted by molar-refractivity contribution is 0.413. The standard InChI is InChI=1S/C73H70O2/c1-69(2,3)53-20-28-60-57-25-17-44(37-63(57)71(7,8)66(60)40-53)48-31-47(43-15-22-55(74-13)23-16-43)32-51(34-48)52-35-49(45-18-26-58-61-29-21-54(70(4,5)6)41-67(61)72(9,10)64(58)38-45)33-50(36-52)46-19-27-59-62-30-24-56(75-14)42-68(62)73(11,12)65(59)39-46/h15-42H,1-14H3. The van der Waals surface area contributed by atoms with Crippen LogP contribution in [0.25, 0.3) is 89.0 Å². The minimum atomic E-state index is -0.203. The lowest BCUT2D eigenvalue weighted by Crippen LogP contribution is -2.17. The van der Waals surface area contributed by atoms with Crippen molar-refractivity contribution >= 4 is 0 Å².